The molecule has 152 valence electrons. The number of nitrogens with one attached hydrogen (secondary N) is 1. The smallest absolute Gasteiger partial charge is 0.165 e. The minimum Gasteiger partial charge on any atom is -0.497 e. The van der Waals surface area contributed by atoms with Gasteiger partial charge in [0, 0.05) is 23.9 Å². The largest absolute Gasteiger partial charge is 0.497 e. The van der Waals surface area contributed by atoms with Crippen molar-refractivity contribution in [3.63, 3.8) is 0 Å². The molecule has 0 aliphatic carbocycles. The molecule has 1 fully saturated rings. The molecule has 0 unspecified atom stereocenters. The van der Waals surface area contributed by atoms with Gasteiger partial charge in [-0.2, -0.15) is 5.10 Å². The second-order valence-electron chi connectivity index (χ2n) is 6.81. The Morgan fingerprint density at radius 3 is 2.72 bits per heavy atom. The Labute approximate surface area is 170 Å². The maximum Gasteiger partial charge on any atom is 0.165 e. The molecular formula is C22H26FN5O. The zero-order valence-corrected chi connectivity index (χ0v) is 16.6. The number of rotatable bonds is 7. The summed E-state index contributed by atoms with van der Waals surface area (Å²) in [6.07, 6.45) is 15.2. The highest BCUT2D eigenvalue weighted by Crippen LogP contribution is 2.29. The maximum absolute atomic E-state index is 14.4. The monoisotopic (exact) mass is 395 g/mol. The molecule has 7 heteroatoms. The number of aromatic nitrogens is 3. The number of nitrogens with zero attached hydrogens (tertiary/aromatic N) is 4. The van der Waals surface area contributed by atoms with Crippen LogP contribution >= 0.6 is 0 Å². The number of likely N-dealkylation sites (tertiary alicyclic amines) is 1. The molecule has 0 atom stereocenters. The molecule has 2 aromatic heterocycles. The summed E-state index contributed by atoms with van der Waals surface area (Å²) in [7, 11) is 1.57. The highest BCUT2D eigenvalue weighted by atomic mass is 19.1. The first-order chi connectivity index (χ1) is 14.2. The van der Waals surface area contributed by atoms with Gasteiger partial charge in [-0.15, -0.1) is 12.8 Å². The molecule has 1 aliphatic rings. The van der Waals surface area contributed by atoms with Crippen molar-refractivity contribution >= 4 is 11.5 Å². The molecule has 0 spiro atoms. The van der Waals surface area contributed by atoms with Crippen LogP contribution in [-0.4, -0.2) is 52.8 Å². The average molecular weight is 395 g/mol. The number of terminal acetylenes is 1. The van der Waals surface area contributed by atoms with Crippen molar-refractivity contribution < 1.29 is 9.13 Å². The van der Waals surface area contributed by atoms with Crippen LogP contribution in [0.4, 0.5) is 10.2 Å². The molecule has 0 saturated carbocycles. The minimum absolute atomic E-state index is 0.323. The SMILES string of the molecule is C#C.COc1ccc(F)c(-c2cnn3ccc(NCCCN4CCCC4)nc23)c1. The lowest BCUT2D eigenvalue weighted by Gasteiger charge is -2.14. The van der Waals surface area contributed by atoms with Crippen molar-refractivity contribution in [3.8, 4) is 29.7 Å². The minimum atomic E-state index is -0.323. The van der Waals surface area contributed by atoms with Gasteiger partial charge in [0.2, 0.25) is 0 Å². The summed E-state index contributed by atoms with van der Waals surface area (Å²) in [6.45, 7) is 4.41. The van der Waals surface area contributed by atoms with Gasteiger partial charge < -0.3 is 15.0 Å². The first kappa shape index (κ1) is 20.6. The van der Waals surface area contributed by atoms with Crippen LogP contribution in [0.3, 0.4) is 0 Å². The summed E-state index contributed by atoms with van der Waals surface area (Å²) in [6, 6.07) is 6.56. The van der Waals surface area contributed by atoms with E-state index >= 15 is 0 Å². The summed E-state index contributed by atoms with van der Waals surface area (Å²) in [5.74, 6) is 1.05. The quantitative estimate of drug-likeness (QED) is 0.488. The fourth-order valence-corrected chi connectivity index (χ4v) is 3.52. The topological polar surface area (TPSA) is 54.7 Å². The summed E-state index contributed by atoms with van der Waals surface area (Å²) >= 11 is 0. The molecule has 1 saturated heterocycles. The lowest BCUT2D eigenvalue weighted by Crippen LogP contribution is -2.22. The molecule has 3 aromatic rings. The van der Waals surface area contributed by atoms with Crippen LogP contribution in [0.1, 0.15) is 19.3 Å². The first-order valence-electron chi connectivity index (χ1n) is 9.72. The number of methoxy groups -OCH3 is 1. The van der Waals surface area contributed by atoms with E-state index in [4.69, 9.17) is 4.74 Å². The summed E-state index contributed by atoms with van der Waals surface area (Å²) in [5.41, 5.74) is 1.70. The third-order valence-corrected chi connectivity index (χ3v) is 4.99. The Hall–Kier alpha value is -3.11. The number of anilines is 1. The number of hydrogen-bond acceptors (Lipinski definition) is 5. The Morgan fingerprint density at radius 1 is 1.17 bits per heavy atom. The van der Waals surface area contributed by atoms with Gasteiger partial charge in [-0.25, -0.2) is 13.9 Å². The fourth-order valence-electron chi connectivity index (χ4n) is 3.52. The number of ether oxygens (including phenoxy) is 1. The zero-order valence-electron chi connectivity index (χ0n) is 16.6. The Balaban J connectivity index is 0.00000117. The van der Waals surface area contributed by atoms with Crippen LogP contribution in [-0.2, 0) is 0 Å². The molecule has 1 aromatic carbocycles. The Morgan fingerprint density at radius 2 is 1.97 bits per heavy atom. The average Bonchev–Trinajstić information content (AvgIpc) is 3.43. The van der Waals surface area contributed by atoms with Gasteiger partial charge in [0.15, 0.2) is 5.65 Å². The number of hydrogen-bond donors (Lipinski definition) is 1. The van der Waals surface area contributed by atoms with E-state index in [2.05, 4.69) is 33.1 Å². The Bertz CT molecular complexity index is 962. The third kappa shape index (κ3) is 4.84. The number of fused-ring (bicyclic) bond motifs is 1. The molecule has 0 bridgehead atoms. The lowest BCUT2D eigenvalue weighted by molar-refractivity contribution is 0.337. The normalized spacial score (nSPS) is 13.8. The van der Waals surface area contributed by atoms with Crippen molar-refractivity contribution in [2.75, 3.05) is 38.6 Å². The van der Waals surface area contributed by atoms with E-state index in [-0.39, 0.29) is 5.82 Å². The zero-order chi connectivity index (χ0) is 20.6. The third-order valence-electron chi connectivity index (χ3n) is 4.99. The molecule has 1 aliphatic heterocycles. The van der Waals surface area contributed by atoms with Crippen molar-refractivity contribution in [3.05, 3.63) is 42.5 Å². The van der Waals surface area contributed by atoms with Crippen LogP contribution < -0.4 is 10.1 Å². The molecule has 1 N–H and O–H groups in total. The van der Waals surface area contributed by atoms with E-state index < -0.39 is 0 Å². The fraction of sp³-hybridized carbons (Fsp3) is 0.364. The van der Waals surface area contributed by atoms with Crippen molar-refractivity contribution in [1.82, 2.24) is 19.5 Å². The van der Waals surface area contributed by atoms with E-state index in [0.29, 0.717) is 22.5 Å². The van der Waals surface area contributed by atoms with Gasteiger partial charge >= 0.3 is 0 Å². The standard InChI is InChI=1S/C20H24FN5O.C2H2/c1-27-15-5-6-18(21)16(13-15)17-14-23-26-12-7-19(24-20(17)26)22-8-4-11-25-9-2-3-10-25;1-2/h5-7,12-14H,2-4,8-11H2,1H3,(H,22,24);1-2H. The highest BCUT2D eigenvalue weighted by Gasteiger charge is 2.14. The van der Waals surface area contributed by atoms with Crippen LogP contribution in [0.5, 0.6) is 5.75 Å². The second-order valence-corrected chi connectivity index (χ2v) is 6.81. The maximum atomic E-state index is 14.4. The van der Waals surface area contributed by atoms with E-state index in [0.717, 1.165) is 25.3 Å². The lowest BCUT2D eigenvalue weighted by atomic mass is 10.1. The Kier molecular flexibility index (Phi) is 7.04. The van der Waals surface area contributed by atoms with Gasteiger partial charge in [-0.1, -0.05) is 0 Å². The predicted octanol–water partition coefficient (Wildman–Crippen LogP) is 3.69. The van der Waals surface area contributed by atoms with Gasteiger partial charge in [-0.3, -0.25) is 0 Å². The van der Waals surface area contributed by atoms with Gasteiger partial charge in [0.25, 0.3) is 0 Å². The number of benzene rings is 1. The molecule has 29 heavy (non-hydrogen) atoms. The molecular weight excluding hydrogens is 369 g/mol. The highest BCUT2D eigenvalue weighted by molar-refractivity contribution is 5.78. The van der Waals surface area contributed by atoms with Crippen LogP contribution in [0, 0.1) is 18.7 Å². The summed E-state index contributed by atoms with van der Waals surface area (Å²) in [5, 5.41) is 7.66. The molecule has 3 heterocycles. The summed E-state index contributed by atoms with van der Waals surface area (Å²) < 4.78 is 21.2. The number of halogens is 1. The van der Waals surface area contributed by atoms with E-state index in [1.54, 1.807) is 30.0 Å². The predicted molar refractivity (Wildman–Crippen MR) is 114 cm³/mol. The van der Waals surface area contributed by atoms with Crippen LogP contribution in [0.25, 0.3) is 16.8 Å². The van der Waals surface area contributed by atoms with Gasteiger partial charge in [0.05, 0.1) is 13.3 Å². The van der Waals surface area contributed by atoms with Crippen molar-refractivity contribution in [2.24, 2.45) is 0 Å². The van der Waals surface area contributed by atoms with Crippen molar-refractivity contribution in [2.45, 2.75) is 19.3 Å². The molecule has 0 amide bonds. The van der Waals surface area contributed by atoms with Crippen LogP contribution in [0.2, 0.25) is 0 Å². The molecule has 0 radical (unpaired) electrons. The molecule has 4 rings (SSSR count). The van der Waals surface area contributed by atoms with E-state index in [1.807, 2.05) is 12.3 Å². The van der Waals surface area contributed by atoms with Gasteiger partial charge in [-0.05, 0) is 63.2 Å². The van der Waals surface area contributed by atoms with E-state index in [9.17, 15) is 4.39 Å². The van der Waals surface area contributed by atoms with Crippen molar-refractivity contribution in [1.29, 1.82) is 0 Å². The summed E-state index contributed by atoms with van der Waals surface area (Å²) in [4.78, 5) is 7.14. The van der Waals surface area contributed by atoms with E-state index in [1.165, 1.54) is 32.0 Å². The van der Waals surface area contributed by atoms with Crippen LogP contribution in [0.15, 0.2) is 36.7 Å². The van der Waals surface area contributed by atoms with Gasteiger partial charge in [0.1, 0.15) is 17.4 Å². The molecule has 6 nitrogen and oxygen atoms in total. The first-order valence-corrected chi connectivity index (χ1v) is 9.72. The second kappa shape index (κ2) is 9.89.